The van der Waals surface area contributed by atoms with Gasteiger partial charge in [-0.25, -0.2) is 0 Å². The van der Waals surface area contributed by atoms with Gasteiger partial charge in [-0.2, -0.15) is 13.2 Å². The van der Waals surface area contributed by atoms with E-state index in [0.29, 0.717) is 32.0 Å². The molecule has 2 N–H and O–H groups in total. The molecule has 0 spiro atoms. The van der Waals surface area contributed by atoms with Crippen molar-refractivity contribution in [1.29, 1.82) is 0 Å². The first kappa shape index (κ1) is 23.1. The molecular weight excluding hydrogens is 417 g/mol. The first-order valence-corrected chi connectivity index (χ1v) is 10.2. The van der Waals surface area contributed by atoms with Gasteiger partial charge in [-0.15, -0.1) is 0 Å². The van der Waals surface area contributed by atoms with Crippen LogP contribution in [0.5, 0.6) is 0 Å². The molecule has 32 heavy (non-hydrogen) atoms. The molecule has 3 rings (SSSR count). The van der Waals surface area contributed by atoms with Crippen LogP contribution in [0.25, 0.3) is 0 Å². The highest BCUT2D eigenvalue weighted by Crippen LogP contribution is 2.29. The third kappa shape index (κ3) is 6.73. The number of hydrogen-bond donors (Lipinski definition) is 2. The van der Waals surface area contributed by atoms with E-state index in [1.165, 1.54) is 18.2 Å². The minimum Gasteiger partial charge on any atom is -0.356 e. The second kappa shape index (κ2) is 10.7. The third-order valence-corrected chi connectivity index (χ3v) is 4.95. The van der Waals surface area contributed by atoms with Crippen molar-refractivity contribution in [3.8, 4) is 0 Å². The van der Waals surface area contributed by atoms with E-state index in [4.69, 9.17) is 0 Å². The number of benzene rings is 2. The van der Waals surface area contributed by atoms with Crippen LogP contribution in [0, 0.1) is 0 Å². The van der Waals surface area contributed by atoms with Gasteiger partial charge in [0.25, 0.3) is 5.56 Å². The summed E-state index contributed by atoms with van der Waals surface area (Å²) in [6.45, 7) is 1.61. The highest BCUT2D eigenvalue weighted by molar-refractivity contribution is 5.79. The van der Waals surface area contributed by atoms with E-state index in [1.807, 2.05) is 30.3 Å². The van der Waals surface area contributed by atoms with Crippen molar-refractivity contribution in [2.24, 2.45) is 4.99 Å². The Kier molecular flexibility index (Phi) is 7.70. The normalized spacial score (nSPS) is 11.9. The fourth-order valence-electron chi connectivity index (χ4n) is 3.14. The number of nitrogens with one attached hydrogen (secondary N) is 2. The molecule has 0 saturated heterocycles. The van der Waals surface area contributed by atoms with E-state index in [2.05, 4.69) is 15.6 Å². The van der Waals surface area contributed by atoms with Crippen LogP contribution in [0.3, 0.4) is 0 Å². The predicted octanol–water partition coefficient (Wildman–Crippen LogP) is 3.82. The zero-order valence-corrected chi connectivity index (χ0v) is 17.7. The summed E-state index contributed by atoms with van der Waals surface area (Å²) in [4.78, 5) is 16.0. The molecular formula is C24H25F3N4O. The van der Waals surface area contributed by atoms with E-state index in [9.17, 15) is 18.0 Å². The van der Waals surface area contributed by atoms with Crippen LogP contribution in [0.2, 0.25) is 0 Å². The van der Waals surface area contributed by atoms with Gasteiger partial charge in [-0.1, -0.05) is 42.5 Å². The summed E-state index contributed by atoms with van der Waals surface area (Å²) < 4.78 is 39.6. The maximum atomic E-state index is 12.6. The van der Waals surface area contributed by atoms with Crippen molar-refractivity contribution in [2.75, 3.05) is 13.6 Å². The number of alkyl halides is 3. The Morgan fingerprint density at radius 2 is 1.56 bits per heavy atom. The summed E-state index contributed by atoms with van der Waals surface area (Å²) in [5.41, 5.74) is 2.22. The number of rotatable bonds is 7. The summed E-state index contributed by atoms with van der Waals surface area (Å²) in [5, 5.41) is 6.38. The van der Waals surface area contributed by atoms with E-state index in [0.717, 1.165) is 28.8 Å². The largest absolute Gasteiger partial charge is 0.416 e. The number of halogens is 3. The maximum absolute atomic E-state index is 12.6. The zero-order chi connectivity index (χ0) is 23.0. The second-order valence-electron chi connectivity index (χ2n) is 7.28. The Bertz CT molecular complexity index is 1090. The Morgan fingerprint density at radius 3 is 2.19 bits per heavy atom. The molecule has 0 fully saturated rings. The topological polar surface area (TPSA) is 58.4 Å². The van der Waals surface area contributed by atoms with Gasteiger partial charge in [-0.3, -0.25) is 9.79 Å². The molecule has 2 aromatic carbocycles. The molecule has 0 aliphatic carbocycles. The van der Waals surface area contributed by atoms with Crippen molar-refractivity contribution in [3.63, 3.8) is 0 Å². The van der Waals surface area contributed by atoms with E-state index in [1.54, 1.807) is 23.9 Å². The van der Waals surface area contributed by atoms with Gasteiger partial charge >= 0.3 is 6.18 Å². The lowest BCUT2D eigenvalue weighted by atomic mass is 10.1. The highest BCUT2D eigenvalue weighted by atomic mass is 19.4. The first-order valence-electron chi connectivity index (χ1n) is 10.2. The van der Waals surface area contributed by atoms with Gasteiger partial charge in [0.2, 0.25) is 0 Å². The second-order valence-corrected chi connectivity index (χ2v) is 7.28. The molecule has 1 aromatic heterocycles. The summed E-state index contributed by atoms with van der Waals surface area (Å²) >= 11 is 0. The average Bonchev–Trinajstić information content (AvgIpc) is 2.78. The van der Waals surface area contributed by atoms with Crippen molar-refractivity contribution < 1.29 is 13.2 Å². The van der Waals surface area contributed by atoms with Crippen molar-refractivity contribution in [3.05, 3.63) is 106 Å². The molecule has 0 atom stereocenters. The number of aliphatic imine (C=N–C) groups is 1. The summed E-state index contributed by atoms with van der Waals surface area (Å²) in [5.74, 6) is 0.608. The van der Waals surface area contributed by atoms with Crippen molar-refractivity contribution in [1.82, 2.24) is 15.2 Å². The lowest BCUT2D eigenvalue weighted by Gasteiger charge is -2.13. The molecule has 5 nitrogen and oxygen atoms in total. The van der Waals surface area contributed by atoms with Crippen molar-refractivity contribution >= 4 is 5.96 Å². The van der Waals surface area contributed by atoms with Gasteiger partial charge in [0.1, 0.15) is 0 Å². The Morgan fingerprint density at radius 1 is 0.906 bits per heavy atom. The minimum atomic E-state index is -4.32. The van der Waals surface area contributed by atoms with Gasteiger partial charge < -0.3 is 15.2 Å². The molecule has 0 saturated carbocycles. The standard InChI is InChI=1S/C24H25F3N4O/c1-28-23(29-14-13-18-9-11-21(12-10-18)24(25,26)27)30-16-19-5-7-20(8-6-19)17-31-15-3-2-4-22(31)32/h2-12,15H,13-14,16-17H2,1H3,(H2,28,29,30). The Balaban J connectivity index is 1.45. The fraction of sp³-hybridized carbons (Fsp3) is 0.250. The Labute approximate surface area is 184 Å². The van der Waals surface area contributed by atoms with Gasteiger partial charge in [0.15, 0.2) is 5.96 Å². The van der Waals surface area contributed by atoms with Crippen LogP contribution in [0.15, 0.2) is 82.7 Å². The number of pyridine rings is 1. The number of nitrogens with zero attached hydrogens (tertiary/aromatic N) is 2. The molecule has 8 heteroatoms. The Hall–Kier alpha value is -3.55. The molecule has 0 aliphatic rings. The van der Waals surface area contributed by atoms with Crippen LogP contribution in [-0.4, -0.2) is 24.1 Å². The molecule has 0 aliphatic heterocycles. The van der Waals surface area contributed by atoms with Gasteiger partial charge in [-0.05, 0) is 41.3 Å². The first-order chi connectivity index (χ1) is 15.3. The molecule has 0 amide bonds. The third-order valence-electron chi connectivity index (χ3n) is 4.95. The number of guanidine groups is 1. The average molecular weight is 442 g/mol. The zero-order valence-electron chi connectivity index (χ0n) is 17.7. The van der Waals surface area contributed by atoms with Crippen molar-refractivity contribution in [2.45, 2.75) is 25.7 Å². The van der Waals surface area contributed by atoms with Gasteiger partial charge in [0.05, 0.1) is 12.1 Å². The van der Waals surface area contributed by atoms with Crippen LogP contribution < -0.4 is 16.2 Å². The highest BCUT2D eigenvalue weighted by Gasteiger charge is 2.29. The molecule has 0 unspecified atom stereocenters. The number of aromatic nitrogens is 1. The van der Waals surface area contributed by atoms with Crippen LogP contribution in [0.4, 0.5) is 13.2 Å². The molecule has 0 radical (unpaired) electrons. The number of hydrogen-bond acceptors (Lipinski definition) is 2. The molecule has 1 heterocycles. The SMILES string of the molecule is CN=C(NCCc1ccc(C(F)(F)F)cc1)NCc1ccc(Cn2ccccc2=O)cc1. The monoisotopic (exact) mass is 442 g/mol. The maximum Gasteiger partial charge on any atom is 0.416 e. The molecule has 3 aromatic rings. The van der Waals surface area contributed by atoms with Crippen LogP contribution >= 0.6 is 0 Å². The summed E-state index contributed by atoms with van der Waals surface area (Å²) in [6.07, 6.45) is -1.98. The minimum absolute atomic E-state index is 0.0376. The van der Waals surface area contributed by atoms with E-state index in [-0.39, 0.29) is 5.56 Å². The fourth-order valence-corrected chi connectivity index (χ4v) is 3.14. The summed E-state index contributed by atoms with van der Waals surface area (Å²) in [6, 6.07) is 18.2. The summed E-state index contributed by atoms with van der Waals surface area (Å²) in [7, 11) is 1.66. The smallest absolute Gasteiger partial charge is 0.356 e. The lowest BCUT2D eigenvalue weighted by Crippen LogP contribution is -2.37. The molecule has 168 valence electrons. The molecule has 0 bridgehead atoms. The van der Waals surface area contributed by atoms with Crippen LogP contribution in [0.1, 0.15) is 22.3 Å². The lowest BCUT2D eigenvalue weighted by molar-refractivity contribution is -0.137. The van der Waals surface area contributed by atoms with Gasteiger partial charge in [0, 0.05) is 32.4 Å². The van der Waals surface area contributed by atoms with Crippen LogP contribution in [-0.2, 0) is 25.7 Å². The van der Waals surface area contributed by atoms with E-state index >= 15 is 0 Å². The quantitative estimate of drug-likeness (QED) is 0.432. The van der Waals surface area contributed by atoms with E-state index < -0.39 is 11.7 Å². The predicted molar refractivity (Wildman–Crippen MR) is 120 cm³/mol.